The van der Waals surface area contributed by atoms with Gasteiger partial charge in [0.1, 0.15) is 19.0 Å². The second-order valence-corrected chi connectivity index (χ2v) is 4.60. The van der Waals surface area contributed by atoms with Gasteiger partial charge in [-0.15, -0.1) is 0 Å². The Kier molecular flexibility index (Phi) is 5.46. The number of rotatable bonds is 7. The standard InChI is InChI=1S/C17H20O4/c1-13(18)14-8-9-16(17(12-14)19-2)21-11-10-20-15-6-4-3-5-7-15/h3-9,12-13,18H,10-11H2,1-2H3. The van der Waals surface area contributed by atoms with Gasteiger partial charge in [-0.3, -0.25) is 0 Å². The Bertz CT molecular complexity index is 552. The minimum absolute atomic E-state index is 0.416. The highest BCUT2D eigenvalue weighted by molar-refractivity contribution is 5.43. The topological polar surface area (TPSA) is 47.9 Å². The van der Waals surface area contributed by atoms with Crippen LogP contribution in [0.3, 0.4) is 0 Å². The number of hydrogen-bond donors (Lipinski definition) is 1. The number of aliphatic hydroxyl groups is 1. The maximum atomic E-state index is 9.56. The molecule has 2 rings (SSSR count). The van der Waals surface area contributed by atoms with E-state index in [-0.39, 0.29) is 0 Å². The summed E-state index contributed by atoms with van der Waals surface area (Å²) in [5.41, 5.74) is 0.791. The lowest BCUT2D eigenvalue weighted by Crippen LogP contribution is -2.09. The molecule has 0 aliphatic heterocycles. The molecule has 0 aliphatic carbocycles. The van der Waals surface area contributed by atoms with E-state index in [1.165, 1.54) is 0 Å². The molecule has 0 saturated carbocycles. The smallest absolute Gasteiger partial charge is 0.161 e. The first-order chi connectivity index (χ1) is 10.2. The van der Waals surface area contributed by atoms with Crippen LogP contribution < -0.4 is 14.2 Å². The van der Waals surface area contributed by atoms with Crippen molar-refractivity contribution in [2.45, 2.75) is 13.0 Å². The van der Waals surface area contributed by atoms with Gasteiger partial charge in [0.2, 0.25) is 0 Å². The molecule has 2 aromatic rings. The van der Waals surface area contributed by atoms with Crippen molar-refractivity contribution in [3.8, 4) is 17.2 Å². The molecule has 1 atom stereocenters. The first-order valence-electron chi connectivity index (χ1n) is 6.87. The van der Waals surface area contributed by atoms with Crippen LogP contribution in [0, 0.1) is 0 Å². The summed E-state index contributed by atoms with van der Waals surface area (Å²) in [6, 6.07) is 15.0. The average molecular weight is 288 g/mol. The molecule has 4 nitrogen and oxygen atoms in total. The van der Waals surface area contributed by atoms with E-state index < -0.39 is 6.10 Å². The lowest BCUT2D eigenvalue weighted by molar-refractivity contribution is 0.197. The van der Waals surface area contributed by atoms with Crippen molar-refractivity contribution >= 4 is 0 Å². The number of benzene rings is 2. The summed E-state index contributed by atoms with van der Waals surface area (Å²) >= 11 is 0. The monoisotopic (exact) mass is 288 g/mol. The molecular formula is C17H20O4. The highest BCUT2D eigenvalue weighted by Crippen LogP contribution is 2.30. The summed E-state index contributed by atoms with van der Waals surface area (Å²) < 4.78 is 16.5. The molecule has 0 saturated heterocycles. The molecule has 0 amide bonds. The minimum Gasteiger partial charge on any atom is -0.493 e. The van der Waals surface area contributed by atoms with Crippen LogP contribution in [-0.2, 0) is 0 Å². The van der Waals surface area contributed by atoms with Crippen LogP contribution >= 0.6 is 0 Å². The van der Waals surface area contributed by atoms with E-state index in [1.807, 2.05) is 36.4 Å². The SMILES string of the molecule is COc1cc(C(C)O)ccc1OCCOc1ccccc1. The molecule has 0 heterocycles. The van der Waals surface area contributed by atoms with E-state index in [2.05, 4.69) is 0 Å². The fraction of sp³-hybridized carbons (Fsp3) is 0.294. The van der Waals surface area contributed by atoms with Crippen molar-refractivity contribution in [2.75, 3.05) is 20.3 Å². The molecule has 0 aliphatic rings. The molecule has 4 heteroatoms. The summed E-state index contributed by atoms with van der Waals surface area (Å²) in [6.45, 7) is 2.58. The van der Waals surface area contributed by atoms with Gasteiger partial charge in [-0.05, 0) is 36.8 Å². The van der Waals surface area contributed by atoms with Crippen LogP contribution in [0.25, 0.3) is 0 Å². The maximum Gasteiger partial charge on any atom is 0.161 e. The van der Waals surface area contributed by atoms with Gasteiger partial charge in [0, 0.05) is 0 Å². The summed E-state index contributed by atoms with van der Waals surface area (Å²) in [7, 11) is 1.58. The maximum absolute atomic E-state index is 9.56. The molecular weight excluding hydrogens is 268 g/mol. The van der Waals surface area contributed by atoms with E-state index in [4.69, 9.17) is 14.2 Å². The highest BCUT2D eigenvalue weighted by atomic mass is 16.5. The Morgan fingerprint density at radius 2 is 1.67 bits per heavy atom. The third-order valence-electron chi connectivity index (χ3n) is 3.02. The Labute approximate surface area is 124 Å². The molecule has 112 valence electrons. The molecule has 0 radical (unpaired) electrons. The second kappa shape index (κ2) is 7.55. The number of hydrogen-bond acceptors (Lipinski definition) is 4. The zero-order chi connectivity index (χ0) is 15.1. The van der Waals surface area contributed by atoms with Gasteiger partial charge < -0.3 is 19.3 Å². The predicted octanol–water partition coefficient (Wildman–Crippen LogP) is 3.21. The van der Waals surface area contributed by atoms with E-state index in [1.54, 1.807) is 26.2 Å². The van der Waals surface area contributed by atoms with Gasteiger partial charge in [-0.2, -0.15) is 0 Å². The quantitative estimate of drug-likeness (QED) is 0.795. The molecule has 2 aromatic carbocycles. The van der Waals surface area contributed by atoms with Crippen molar-refractivity contribution < 1.29 is 19.3 Å². The van der Waals surface area contributed by atoms with Crippen molar-refractivity contribution in [1.82, 2.24) is 0 Å². The van der Waals surface area contributed by atoms with Crippen molar-refractivity contribution in [3.05, 3.63) is 54.1 Å². The van der Waals surface area contributed by atoms with E-state index in [0.29, 0.717) is 24.7 Å². The summed E-state index contributed by atoms with van der Waals surface area (Å²) in [4.78, 5) is 0. The summed E-state index contributed by atoms with van der Waals surface area (Å²) in [5, 5.41) is 9.56. The van der Waals surface area contributed by atoms with Crippen molar-refractivity contribution in [3.63, 3.8) is 0 Å². The lowest BCUT2D eigenvalue weighted by Gasteiger charge is -2.13. The third kappa shape index (κ3) is 4.39. The molecule has 0 bridgehead atoms. The van der Waals surface area contributed by atoms with Gasteiger partial charge in [-0.1, -0.05) is 24.3 Å². The van der Waals surface area contributed by atoms with Gasteiger partial charge in [0.25, 0.3) is 0 Å². The normalized spacial score (nSPS) is 11.8. The van der Waals surface area contributed by atoms with Crippen LogP contribution in [0.1, 0.15) is 18.6 Å². The van der Waals surface area contributed by atoms with E-state index in [0.717, 1.165) is 11.3 Å². The van der Waals surface area contributed by atoms with E-state index in [9.17, 15) is 5.11 Å². The largest absolute Gasteiger partial charge is 0.493 e. The minimum atomic E-state index is -0.533. The van der Waals surface area contributed by atoms with Crippen molar-refractivity contribution in [1.29, 1.82) is 0 Å². The van der Waals surface area contributed by atoms with Crippen LogP contribution in [0.15, 0.2) is 48.5 Å². The molecule has 0 aromatic heterocycles. The summed E-state index contributed by atoms with van der Waals surface area (Å²) in [6.07, 6.45) is -0.533. The van der Waals surface area contributed by atoms with Gasteiger partial charge in [0.05, 0.1) is 13.2 Å². The second-order valence-electron chi connectivity index (χ2n) is 4.60. The number of methoxy groups -OCH3 is 1. The first kappa shape index (κ1) is 15.2. The Balaban J connectivity index is 1.88. The fourth-order valence-corrected chi connectivity index (χ4v) is 1.89. The fourth-order valence-electron chi connectivity index (χ4n) is 1.89. The van der Waals surface area contributed by atoms with Gasteiger partial charge in [0.15, 0.2) is 11.5 Å². The lowest BCUT2D eigenvalue weighted by atomic mass is 10.1. The predicted molar refractivity (Wildman–Crippen MR) is 81.1 cm³/mol. The average Bonchev–Trinajstić information content (AvgIpc) is 2.52. The molecule has 1 unspecified atom stereocenters. The molecule has 1 N–H and O–H groups in total. The zero-order valence-corrected chi connectivity index (χ0v) is 12.3. The van der Waals surface area contributed by atoms with Crippen molar-refractivity contribution in [2.24, 2.45) is 0 Å². The number of para-hydroxylation sites is 1. The third-order valence-corrected chi connectivity index (χ3v) is 3.02. The highest BCUT2D eigenvalue weighted by Gasteiger charge is 2.08. The summed E-state index contributed by atoms with van der Waals surface area (Å²) in [5.74, 6) is 2.06. The van der Waals surface area contributed by atoms with Crippen LogP contribution in [0.5, 0.6) is 17.2 Å². The van der Waals surface area contributed by atoms with Crippen LogP contribution in [0.4, 0.5) is 0 Å². The number of ether oxygens (including phenoxy) is 3. The Morgan fingerprint density at radius 1 is 0.952 bits per heavy atom. The van der Waals surface area contributed by atoms with E-state index >= 15 is 0 Å². The number of aliphatic hydroxyl groups excluding tert-OH is 1. The van der Waals surface area contributed by atoms with Crippen LogP contribution in [-0.4, -0.2) is 25.4 Å². The Hall–Kier alpha value is -2.20. The zero-order valence-electron chi connectivity index (χ0n) is 12.3. The first-order valence-corrected chi connectivity index (χ1v) is 6.87. The van der Waals surface area contributed by atoms with Gasteiger partial charge in [-0.25, -0.2) is 0 Å². The van der Waals surface area contributed by atoms with Gasteiger partial charge >= 0.3 is 0 Å². The molecule has 0 spiro atoms. The molecule has 21 heavy (non-hydrogen) atoms. The molecule has 0 fully saturated rings. The van der Waals surface area contributed by atoms with Crippen LogP contribution in [0.2, 0.25) is 0 Å². The Morgan fingerprint density at radius 3 is 2.33 bits per heavy atom.